The molecule has 2 nitrogen and oxygen atoms in total. The second-order valence-electron chi connectivity index (χ2n) is 5.13. The molecule has 0 atom stereocenters. The monoisotopic (exact) mass is 232 g/mol. The third-order valence-electron chi connectivity index (χ3n) is 4.05. The van der Waals surface area contributed by atoms with Crippen LogP contribution in [0.4, 0.5) is 5.69 Å². The Morgan fingerprint density at radius 3 is 2.41 bits per heavy atom. The summed E-state index contributed by atoms with van der Waals surface area (Å²) in [6, 6.07) is 10.5. The SMILES string of the molecule is CNC1(CCNc2ccccc2)CCCCC1. The van der Waals surface area contributed by atoms with E-state index in [2.05, 4.69) is 48.0 Å². The molecule has 0 aromatic heterocycles. The Balaban J connectivity index is 1.80. The summed E-state index contributed by atoms with van der Waals surface area (Å²) in [7, 11) is 2.12. The van der Waals surface area contributed by atoms with E-state index in [-0.39, 0.29) is 0 Å². The van der Waals surface area contributed by atoms with E-state index in [1.165, 1.54) is 44.2 Å². The molecule has 0 amide bonds. The van der Waals surface area contributed by atoms with Crippen LogP contribution in [0.15, 0.2) is 30.3 Å². The third-order valence-corrected chi connectivity index (χ3v) is 4.05. The van der Waals surface area contributed by atoms with Gasteiger partial charge < -0.3 is 10.6 Å². The van der Waals surface area contributed by atoms with Gasteiger partial charge in [-0.25, -0.2) is 0 Å². The first-order valence-corrected chi connectivity index (χ1v) is 6.82. The Morgan fingerprint density at radius 2 is 1.76 bits per heavy atom. The van der Waals surface area contributed by atoms with E-state index in [0.29, 0.717) is 5.54 Å². The summed E-state index contributed by atoms with van der Waals surface area (Å²) in [5.41, 5.74) is 1.62. The van der Waals surface area contributed by atoms with Gasteiger partial charge in [0.1, 0.15) is 0 Å². The first-order chi connectivity index (χ1) is 8.35. The summed E-state index contributed by atoms with van der Waals surface area (Å²) >= 11 is 0. The lowest BCUT2D eigenvalue weighted by Gasteiger charge is -2.37. The molecule has 1 aliphatic carbocycles. The van der Waals surface area contributed by atoms with Crippen molar-refractivity contribution in [3.05, 3.63) is 30.3 Å². The molecule has 94 valence electrons. The molecule has 2 N–H and O–H groups in total. The van der Waals surface area contributed by atoms with Crippen molar-refractivity contribution < 1.29 is 0 Å². The molecule has 1 aliphatic rings. The first-order valence-electron chi connectivity index (χ1n) is 6.82. The van der Waals surface area contributed by atoms with Gasteiger partial charge >= 0.3 is 0 Å². The van der Waals surface area contributed by atoms with Crippen molar-refractivity contribution >= 4 is 5.69 Å². The first kappa shape index (κ1) is 12.4. The van der Waals surface area contributed by atoms with E-state index in [1.54, 1.807) is 0 Å². The summed E-state index contributed by atoms with van der Waals surface area (Å²) in [6.45, 7) is 1.06. The van der Waals surface area contributed by atoms with Crippen LogP contribution in [0.1, 0.15) is 38.5 Å². The molecule has 0 unspecified atom stereocenters. The maximum absolute atomic E-state index is 3.56. The highest BCUT2D eigenvalue weighted by Gasteiger charge is 2.29. The van der Waals surface area contributed by atoms with Crippen LogP contribution in [-0.4, -0.2) is 19.1 Å². The molecule has 1 aromatic carbocycles. The largest absolute Gasteiger partial charge is 0.385 e. The maximum Gasteiger partial charge on any atom is 0.0340 e. The summed E-state index contributed by atoms with van der Waals surface area (Å²) in [4.78, 5) is 0. The van der Waals surface area contributed by atoms with E-state index < -0.39 is 0 Å². The molecule has 1 saturated carbocycles. The predicted octanol–water partition coefficient (Wildman–Crippen LogP) is 3.41. The quantitative estimate of drug-likeness (QED) is 0.813. The molecule has 1 aromatic rings. The van der Waals surface area contributed by atoms with Gasteiger partial charge in [0.15, 0.2) is 0 Å². The van der Waals surface area contributed by atoms with Crippen LogP contribution in [0.25, 0.3) is 0 Å². The molecular weight excluding hydrogens is 208 g/mol. The molecule has 0 heterocycles. The fraction of sp³-hybridized carbons (Fsp3) is 0.600. The Morgan fingerprint density at radius 1 is 1.06 bits per heavy atom. The lowest BCUT2D eigenvalue weighted by atomic mass is 9.79. The van der Waals surface area contributed by atoms with Gasteiger partial charge in [-0.3, -0.25) is 0 Å². The molecule has 0 spiro atoms. The van der Waals surface area contributed by atoms with Gasteiger partial charge in [0.2, 0.25) is 0 Å². The Bertz CT molecular complexity index is 315. The van der Waals surface area contributed by atoms with E-state index in [0.717, 1.165) is 6.54 Å². The molecule has 2 heteroatoms. The lowest BCUT2D eigenvalue weighted by molar-refractivity contribution is 0.235. The molecule has 17 heavy (non-hydrogen) atoms. The van der Waals surface area contributed by atoms with Crippen LogP contribution in [0.2, 0.25) is 0 Å². The minimum Gasteiger partial charge on any atom is -0.385 e. The average molecular weight is 232 g/mol. The number of hydrogen-bond donors (Lipinski definition) is 2. The molecule has 0 saturated heterocycles. The fourth-order valence-electron chi connectivity index (χ4n) is 2.86. The summed E-state index contributed by atoms with van der Waals surface area (Å²) < 4.78 is 0. The highest BCUT2D eigenvalue weighted by Crippen LogP contribution is 2.30. The van der Waals surface area contributed by atoms with Crippen molar-refractivity contribution in [3.8, 4) is 0 Å². The number of hydrogen-bond acceptors (Lipinski definition) is 2. The molecule has 0 aliphatic heterocycles. The van der Waals surface area contributed by atoms with Crippen molar-refractivity contribution in [1.29, 1.82) is 0 Å². The van der Waals surface area contributed by atoms with Crippen LogP contribution in [-0.2, 0) is 0 Å². The highest BCUT2D eigenvalue weighted by atomic mass is 15.0. The number of anilines is 1. The smallest absolute Gasteiger partial charge is 0.0340 e. The van der Waals surface area contributed by atoms with Crippen LogP contribution < -0.4 is 10.6 Å². The number of benzene rings is 1. The predicted molar refractivity (Wildman–Crippen MR) is 74.4 cm³/mol. The standard InChI is InChI=1S/C15H24N2/c1-16-15(10-6-3-7-11-15)12-13-17-14-8-4-2-5-9-14/h2,4-5,8-9,16-17H,3,6-7,10-13H2,1H3. The normalized spacial score (nSPS) is 18.9. The van der Waals surface area contributed by atoms with Crippen LogP contribution in [0.3, 0.4) is 0 Å². The van der Waals surface area contributed by atoms with Crippen molar-refractivity contribution in [2.45, 2.75) is 44.1 Å². The average Bonchev–Trinajstić information content (AvgIpc) is 2.41. The van der Waals surface area contributed by atoms with Gasteiger partial charge in [0.25, 0.3) is 0 Å². The zero-order valence-corrected chi connectivity index (χ0v) is 10.8. The van der Waals surface area contributed by atoms with E-state index >= 15 is 0 Å². The minimum atomic E-state index is 0.389. The number of para-hydroxylation sites is 1. The van der Waals surface area contributed by atoms with Crippen molar-refractivity contribution in [2.75, 3.05) is 18.9 Å². The topological polar surface area (TPSA) is 24.1 Å². The van der Waals surface area contributed by atoms with E-state index in [9.17, 15) is 0 Å². The van der Waals surface area contributed by atoms with Gasteiger partial charge in [0.05, 0.1) is 0 Å². The lowest BCUT2D eigenvalue weighted by Crippen LogP contribution is -2.45. The maximum atomic E-state index is 3.56. The molecule has 2 rings (SSSR count). The highest BCUT2D eigenvalue weighted by molar-refractivity contribution is 5.42. The Hall–Kier alpha value is -1.02. The molecule has 0 bridgehead atoms. The third kappa shape index (κ3) is 3.47. The second kappa shape index (κ2) is 6.06. The number of rotatable bonds is 5. The summed E-state index contributed by atoms with van der Waals surface area (Å²) in [6.07, 6.45) is 8.06. The molecule has 1 fully saturated rings. The number of nitrogens with one attached hydrogen (secondary N) is 2. The van der Waals surface area contributed by atoms with Crippen LogP contribution in [0.5, 0.6) is 0 Å². The Labute approximate surface area is 105 Å². The van der Waals surface area contributed by atoms with Gasteiger partial charge in [-0.15, -0.1) is 0 Å². The molecular formula is C15H24N2. The summed E-state index contributed by atoms with van der Waals surface area (Å²) in [5, 5.41) is 7.07. The molecule has 0 radical (unpaired) electrons. The van der Waals surface area contributed by atoms with Gasteiger partial charge in [0, 0.05) is 17.8 Å². The fourth-order valence-corrected chi connectivity index (χ4v) is 2.86. The van der Waals surface area contributed by atoms with Crippen molar-refractivity contribution in [2.24, 2.45) is 0 Å². The zero-order valence-electron chi connectivity index (χ0n) is 10.8. The Kier molecular flexibility index (Phi) is 4.43. The second-order valence-corrected chi connectivity index (χ2v) is 5.13. The van der Waals surface area contributed by atoms with E-state index in [1.807, 2.05) is 0 Å². The van der Waals surface area contributed by atoms with Gasteiger partial charge in [-0.1, -0.05) is 37.5 Å². The minimum absolute atomic E-state index is 0.389. The van der Waals surface area contributed by atoms with Gasteiger partial charge in [-0.05, 0) is 38.4 Å². The van der Waals surface area contributed by atoms with Crippen molar-refractivity contribution in [3.63, 3.8) is 0 Å². The summed E-state index contributed by atoms with van der Waals surface area (Å²) in [5.74, 6) is 0. The van der Waals surface area contributed by atoms with Crippen LogP contribution in [0, 0.1) is 0 Å². The zero-order chi connectivity index (χ0) is 12.0. The van der Waals surface area contributed by atoms with Gasteiger partial charge in [-0.2, -0.15) is 0 Å². The van der Waals surface area contributed by atoms with Crippen LogP contribution >= 0.6 is 0 Å². The van der Waals surface area contributed by atoms with E-state index in [4.69, 9.17) is 0 Å². The van der Waals surface area contributed by atoms with Crippen molar-refractivity contribution in [1.82, 2.24) is 5.32 Å².